The molecule has 1 aliphatic heterocycles. The zero-order valence-electron chi connectivity index (χ0n) is 13.4. The molecule has 1 aromatic rings. The minimum absolute atomic E-state index is 0.641. The molecule has 4 heteroatoms. The van der Waals surface area contributed by atoms with Crippen LogP contribution in [0.15, 0.2) is 0 Å². The van der Waals surface area contributed by atoms with Crippen LogP contribution in [0.3, 0.4) is 0 Å². The van der Waals surface area contributed by atoms with Crippen LogP contribution in [0, 0.1) is 5.92 Å². The summed E-state index contributed by atoms with van der Waals surface area (Å²) in [6.07, 6.45) is 4.77. The Balaban J connectivity index is 2.11. The topological polar surface area (TPSA) is 28.2 Å². The maximum absolute atomic E-state index is 4.95. The quantitative estimate of drug-likeness (QED) is 0.775. The van der Waals surface area contributed by atoms with Crippen molar-refractivity contribution in [3.63, 3.8) is 0 Å². The van der Waals surface area contributed by atoms with Gasteiger partial charge in [0.1, 0.15) is 0 Å². The van der Waals surface area contributed by atoms with Gasteiger partial charge in [0.15, 0.2) is 5.13 Å². The number of hydrogen-bond acceptors (Lipinski definition) is 4. The van der Waals surface area contributed by atoms with Gasteiger partial charge < -0.3 is 10.2 Å². The highest BCUT2D eigenvalue weighted by Crippen LogP contribution is 2.34. The molecular weight excluding hydrogens is 266 g/mol. The Labute approximate surface area is 127 Å². The van der Waals surface area contributed by atoms with Gasteiger partial charge >= 0.3 is 0 Å². The molecule has 0 spiro atoms. The van der Waals surface area contributed by atoms with Crippen LogP contribution < -0.4 is 10.2 Å². The molecule has 0 radical (unpaired) electrons. The first-order chi connectivity index (χ1) is 9.65. The third-order valence-electron chi connectivity index (χ3n) is 4.00. The van der Waals surface area contributed by atoms with Crippen LogP contribution in [0.2, 0.25) is 0 Å². The van der Waals surface area contributed by atoms with E-state index < -0.39 is 0 Å². The van der Waals surface area contributed by atoms with Gasteiger partial charge in [-0.05, 0) is 38.6 Å². The van der Waals surface area contributed by atoms with Gasteiger partial charge in [-0.25, -0.2) is 4.98 Å². The van der Waals surface area contributed by atoms with Crippen LogP contribution in [-0.4, -0.2) is 24.1 Å². The third kappa shape index (κ3) is 3.73. The maximum atomic E-state index is 4.95. The SMILES string of the molecule is CCCNCc1sc(N2CC(C)CC2C)nc1CCC. The van der Waals surface area contributed by atoms with E-state index >= 15 is 0 Å². The molecule has 1 aromatic heterocycles. The lowest BCUT2D eigenvalue weighted by Gasteiger charge is -2.20. The number of rotatable bonds is 7. The van der Waals surface area contributed by atoms with Crippen LogP contribution in [0.5, 0.6) is 0 Å². The fraction of sp³-hybridized carbons (Fsp3) is 0.812. The van der Waals surface area contributed by atoms with E-state index in [2.05, 4.69) is 37.9 Å². The van der Waals surface area contributed by atoms with Crippen molar-refractivity contribution in [2.75, 3.05) is 18.0 Å². The minimum Gasteiger partial charge on any atom is -0.345 e. The highest BCUT2D eigenvalue weighted by molar-refractivity contribution is 7.15. The number of anilines is 1. The molecular formula is C16H29N3S. The average molecular weight is 295 g/mol. The zero-order chi connectivity index (χ0) is 14.5. The Bertz CT molecular complexity index is 416. The molecule has 0 bridgehead atoms. The van der Waals surface area contributed by atoms with Crippen molar-refractivity contribution in [3.05, 3.63) is 10.6 Å². The Kier molecular flexibility index (Phi) is 5.85. The van der Waals surface area contributed by atoms with Gasteiger partial charge in [0.2, 0.25) is 0 Å². The third-order valence-corrected chi connectivity index (χ3v) is 5.13. The van der Waals surface area contributed by atoms with Crippen molar-refractivity contribution >= 4 is 16.5 Å². The van der Waals surface area contributed by atoms with Gasteiger partial charge in [0.25, 0.3) is 0 Å². The first kappa shape index (κ1) is 15.8. The van der Waals surface area contributed by atoms with E-state index in [1.807, 2.05) is 11.3 Å². The van der Waals surface area contributed by atoms with E-state index in [0.717, 1.165) is 25.4 Å². The molecule has 3 nitrogen and oxygen atoms in total. The lowest BCUT2D eigenvalue weighted by atomic mass is 10.1. The van der Waals surface area contributed by atoms with Crippen molar-refractivity contribution in [3.8, 4) is 0 Å². The molecule has 0 aromatic carbocycles. The molecule has 2 rings (SSSR count). The van der Waals surface area contributed by atoms with E-state index in [4.69, 9.17) is 4.98 Å². The van der Waals surface area contributed by atoms with Crippen molar-refractivity contribution < 1.29 is 0 Å². The maximum Gasteiger partial charge on any atom is 0.186 e. The lowest BCUT2D eigenvalue weighted by Crippen LogP contribution is -2.26. The first-order valence-corrected chi connectivity index (χ1v) is 8.93. The van der Waals surface area contributed by atoms with Gasteiger partial charge in [0.05, 0.1) is 5.69 Å². The van der Waals surface area contributed by atoms with Crippen molar-refractivity contribution in [1.29, 1.82) is 0 Å². The fourth-order valence-corrected chi connectivity index (χ4v) is 4.20. The minimum atomic E-state index is 0.641. The van der Waals surface area contributed by atoms with E-state index in [0.29, 0.717) is 6.04 Å². The number of nitrogens with one attached hydrogen (secondary N) is 1. The molecule has 114 valence electrons. The molecule has 1 aliphatic rings. The summed E-state index contributed by atoms with van der Waals surface area (Å²) in [6, 6.07) is 0.641. The van der Waals surface area contributed by atoms with Crippen LogP contribution in [0.4, 0.5) is 5.13 Å². The normalized spacial score (nSPS) is 22.7. The van der Waals surface area contributed by atoms with Crippen LogP contribution in [0.1, 0.15) is 57.5 Å². The number of hydrogen-bond donors (Lipinski definition) is 1. The molecule has 1 fully saturated rings. The highest BCUT2D eigenvalue weighted by Gasteiger charge is 2.28. The van der Waals surface area contributed by atoms with E-state index in [1.54, 1.807) is 0 Å². The zero-order valence-corrected chi connectivity index (χ0v) is 14.2. The molecule has 2 heterocycles. The number of aromatic nitrogens is 1. The summed E-state index contributed by atoms with van der Waals surface area (Å²) in [5.41, 5.74) is 1.32. The summed E-state index contributed by atoms with van der Waals surface area (Å²) in [4.78, 5) is 8.91. The summed E-state index contributed by atoms with van der Waals surface area (Å²) < 4.78 is 0. The Morgan fingerprint density at radius 1 is 1.30 bits per heavy atom. The van der Waals surface area contributed by atoms with Crippen LogP contribution in [-0.2, 0) is 13.0 Å². The Morgan fingerprint density at radius 2 is 2.10 bits per heavy atom. The van der Waals surface area contributed by atoms with Gasteiger partial charge in [-0.2, -0.15) is 0 Å². The summed E-state index contributed by atoms with van der Waals surface area (Å²) in [7, 11) is 0. The standard InChI is InChI=1S/C16H29N3S/c1-5-7-14-15(10-17-8-6-2)20-16(18-14)19-11-12(3)9-13(19)4/h12-13,17H,5-11H2,1-4H3. The summed E-state index contributed by atoms with van der Waals surface area (Å²) >= 11 is 1.91. The highest BCUT2D eigenvalue weighted by atomic mass is 32.1. The predicted octanol–water partition coefficient (Wildman–Crippen LogP) is 3.83. The molecule has 1 saturated heterocycles. The summed E-state index contributed by atoms with van der Waals surface area (Å²) in [6.45, 7) is 12.4. The summed E-state index contributed by atoms with van der Waals surface area (Å²) in [5, 5.41) is 4.77. The van der Waals surface area contributed by atoms with E-state index in [-0.39, 0.29) is 0 Å². The van der Waals surface area contributed by atoms with Crippen molar-refractivity contribution in [1.82, 2.24) is 10.3 Å². The van der Waals surface area contributed by atoms with E-state index in [1.165, 1.54) is 41.5 Å². The number of thiazole rings is 1. The van der Waals surface area contributed by atoms with Crippen LogP contribution >= 0.6 is 11.3 Å². The molecule has 2 unspecified atom stereocenters. The average Bonchev–Trinajstić information content (AvgIpc) is 2.94. The summed E-state index contributed by atoms with van der Waals surface area (Å²) in [5.74, 6) is 0.796. The largest absolute Gasteiger partial charge is 0.345 e. The van der Waals surface area contributed by atoms with Gasteiger partial charge in [-0.15, -0.1) is 11.3 Å². The fourth-order valence-electron chi connectivity index (χ4n) is 3.01. The number of nitrogens with zero attached hydrogens (tertiary/aromatic N) is 2. The van der Waals surface area contributed by atoms with Crippen LogP contribution in [0.25, 0.3) is 0 Å². The Hall–Kier alpha value is -0.610. The first-order valence-electron chi connectivity index (χ1n) is 8.11. The lowest BCUT2D eigenvalue weighted by molar-refractivity contribution is 0.625. The van der Waals surface area contributed by atoms with E-state index in [9.17, 15) is 0 Å². The molecule has 20 heavy (non-hydrogen) atoms. The second-order valence-electron chi connectivity index (χ2n) is 6.14. The predicted molar refractivity (Wildman–Crippen MR) is 88.7 cm³/mol. The monoisotopic (exact) mass is 295 g/mol. The second kappa shape index (κ2) is 7.41. The molecule has 0 saturated carbocycles. The van der Waals surface area contributed by atoms with Gasteiger partial charge in [0, 0.05) is 24.0 Å². The Morgan fingerprint density at radius 3 is 2.70 bits per heavy atom. The molecule has 0 aliphatic carbocycles. The molecule has 2 atom stereocenters. The van der Waals surface area contributed by atoms with Crippen molar-refractivity contribution in [2.45, 2.75) is 66.0 Å². The van der Waals surface area contributed by atoms with Crippen molar-refractivity contribution in [2.24, 2.45) is 5.92 Å². The number of aryl methyl sites for hydroxylation is 1. The molecule has 0 amide bonds. The second-order valence-corrected chi connectivity index (χ2v) is 7.20. The van der Waals surface area contributed by atoms with Gasteiger partial charge in [-0.1, -0.05) is 27.2 Å². The molecule has 1 N–H and O–H groups in total. The smallest absolute Gasteiger partial charge is 0.186 e. The van der Waals surface area contributed by atoms with Gasteiger partial charge in [-0.3, -0.25) is 0 Å².